The quantitative estimate of drug-likeness (QED) is 0.0346. The molecule has 7 heteroatoms. The number of halogens is 1. The second-order valence-electron chi connectivity index (χ2n) is 12.8. The zero-order chi connectivity index (χ0) is 33.2. The molecule has 268 valence electrons. The zero-order valence-electron chi connectivity index (χ0n) is 30.3. The molecule has 45 heavy (non-hydrogen) atoms. The van der Waals surface area contributed by atoms with E-state index in [2.05, 4.69) is 32.6 Å². The third kappa shape index (κ3) is 28.3. The average Bonchev–Trinajstić information content (AvgIpc) is 3.04. The van der Waals surface area contributed by atoms with Crippen LogP contribution in [-0.4, -0.2) is 69.8 Å². The van der Waals surface area contributed by atoms with Gasteiger partial charge in [-0.1, -0.05) is 104 Å². The van der Waals surface area contributed by atoms with Crippen molar-refractivity contribution in [1.82, 2.24) is 4.90 Å². The Kier molecular flexibility index (Phi) is 34.6. The molecule has 0 saturated heterocycles. The van der Waals surface area contributed by atoms with Crippen molar-refractivity contribution in [2.75, 3.05) is 43.9 Å². The highest BCUT2D eigenvalue weighted by Crippen LogP contribution is 2.15. The number of esters is 2. The van der Waals surface area contributed by atoms with Crippen molar-refractivity contribution >= 4 is 11.9 Å². The Bertz CT molecular complexity index is 650. The summed E-state index contributed by atoms with van der Waals surface area (Å²) in [6.07, 6.45) is 26.4. The van der Waals surface area contributed by atoms with Crippen molar-refractivity contribution in [1.29, 1.82) is 0 Å². The Morgan fingerprint density at radius 1 is 0.578 bits per heavy atom. The van der Waals surface area contributed by atoms with Crippen LogP contribution in [0.2, 0.25) is 0 Å². The fourth-order valence-electron chi connectivity index (χ4n) is 5.75. The lowest BCUT2D eigenvalue weighted by Gasteiger charge is -2.22. The van der Waals surface area contributed by atoms with Gasteiger partial charge in [-0.2, -0.15) is 0 Å². The molecular weight excluding hydrogens is 677 g/mol. The minimum atomic E-state index is -0.0544. The first kappa shape index (κ1) is 44.6. The Hall–Kier alpha value is -0.410. The number of nitrogens with zero attached hydrogens (tertiary/aromatic N) is 1. The lowest BCUT2D eigenvalue weighted by Crippen LogP contribution is -3.66. The van der Waals surface area contributed by atoms with E-state index in [0.29, 0.717) is 19.8 Å². The number of alkyl halides is 2. The number of rotatable bonds is 35. The van der Waals surface area contributed by atoms with Gasteiger partial charge in [0.15, 0.2) is 0 Å². The molecule has 0 saturated carbocycles. The Morgan fingerprint density at radius 2 is 1.02 bits per heavy atom. The third-order valence-electron chi connectivity index (χ3n) is 8.75. The first-order valence-corrected chi connectivity index (χ1v) is 22.0. The molecule has 2 unspecified atom stereocenters. The highest BCUT2D eigenvalue weighted by Gasteiger charge is 2.31. The summed E-state index contributed by atoms with van der Waals surface area (Å²) < 4.78 is 12.5. The molecule has 0 amide bonds. The van der Waals surface area contributed by atoms with Crippen molar-refractivity contribution in [3.05, 3.63) is 0 Å². The van der Waals surface area contributed by atoms with Crippen LogP contribution in [0.4, 0.5) is 0 Å². The highest BCUT2D eigenvalue weighted by molar-refractivity contribution is 5.74. The van der Waals surface area contributed by atoms with Gasteiger partial charge in [0.25, 0.3) is 21.2 Å². The normalized spacial score (nSPS) is 12.8. The molecule has 1 N–H and O–H groups in total. The molecule has 0 aromatic carbocycles. The fourth-order valence-corrected chi connectivity index (χ4v) is 8.23. The Labute approximate surface area is 290 Å². The van der Waals surface area contributed by atoms with Crippen LogP contribution in [0.3, 0.4) is 0 Å². The van der Waals surface area contributed by atoms with Crippen LogP contribution in [0.15, 0.2) is 0 Å². The fraction of sp³-hybridized carbons (Fsp3) is 0.947. The van der Waals surface area contributed by atoms with E-state index >= 15 is 0 Å². The van der Waals surface area contributed by atoms with E-state index in [4.69, 9.17) is 9.47 Å². The topological polar surface area (TPSA) is 76.1 Å². The summed E-state index contributed by atoms with van der Waals surface area (Å²) in [5.74, 6) is 0.184. The smallest absolute Gasteiger partial charge is 0.358 e. The average molecular weight is 753 g/mol. The van der Waals surface area contributed by atoms with Gasteiger partial charge < -0.3 is 19.5 Å². The summed E-state index contributed by atoms with van der Waals surface area (Å²) in [5.41, 5.74) is 0. The van der Waals surface area contributed by atoms with Gasteiger partial charge in [-0.05, 0) is 84.3 Å². The van der Waals surface area contributed by atoms with E-state index in [1.54, 1.807) is 0 Å². The van der Waals surface area contributed by atoms with Gasteiger partial charge in [0.05, 0.1) is 19.1 Å². The largest absolute Gasteiger partial charge is 0.465 e. The molecule has 0 rings (SSSR count). The second kappa shape index (κ2) is 34.9. The van der Waals surface area contributed by atoms with Gasteiger partial charge in [0.2, 0.25) is 3.92 Å². The Morgan fingerprint density at radius 3 is 1.49 bits per heavy atom. The van der Waals surface area contributed by atoms with Crippen LogP contribution in [0.1, 0.15) is 175 Å². The summed E-state index contributed by atoms with van der Waals surface area (Å²) in [6, 6.07) is 0. The van der Waals surface area contributed by atoms with E-state index in [-0.39, 0.29) is 43.0 Å². The van der Waals surface area contributed by atoms with E-state index < -0.39 is 0 Å². The molecular formula is C38H75INO5+. The molecule has 0 aromatic rings. The molecule has 0 spiro atoms. The maximum atomic E-state index is 12.4. The second-order valence-corrected chi connectivity index (χ2v) is 16.7. The Balaban J connectivity index is 3.86. The van der Waals surface area contributed by atoms with Crippen LogP contribution in [-0.2, 0) is 19.1 Å². The molecule has 2 atom stereocenters. The lowest BCUT2D eigenvalue weighted by atomic mass is 10.00. The number of aliphatic hydroxyl groups excluding tert-OH is 1. The number of unbranched alkanes of at least 4 members (excludes halogenated alkanes) is 15. The number of aliphatic hydroxyl groups is 1. The van der Waals surface area contributed by atoms with E-state index in [0.717, 1.165) is 94.4 Å². The highest BCUT2D eigenvalue weighted by atomic mass is 127. The van der Waals surface area contributed by atoms with Crippen LogP contribution in [0, 0.1) is 5.92 Å². The minimum Gasteiger partial charge on any atom is -0.465 e. The van der Waals surface area contributed by atoms with Crippen molar-refractivity contribution in [2.24, 2.45) is 5.92 Å². The molecule has 0 heterocycles. The van der Waals surface area contributed by atoms with Crippen LogP contribution < -0.4 is 21.2 Å². The standard InChI is InChI=1S/C38H75INO5/c1-5-9-27-35(7-3)37(42)44-33-25-19-15-11-13-17-21-29-40(31-23-24-32-41)30-22-18-14-12-16-20-26-34-45-38(43)36(39-8-4)28-10-6-2/h35-36,41H,5-34H2,1-4H3/q+1. The summed E-state index contributed by atoms with van der Waals surface area (Å²) in [5, 5.41) is 9.21. The number of hydrogen-bond acceptors (Lipinski definition) is 6. The first-order chi connectivity index (χ1) is 22.0. The molecule has 0 bridgehead atoms. The van der Waals surface area contributed by atoms with Gasteiger partial charge in [0, 0.05) is 13.0 Å². The lowest BCUT2D eigenvalue weighted by molar-refractivity contribution is -0.676. The van der Waals surface area contributed by atoms with Gasteiger partial charge in [-0.3, -0.25) is 4.79 Å². The van der Waals surface area contributed by atoms with Crippen molar-refractivity contribution in [3.63, 3.8) is 0 Å². The first-order valence-electron chi connectivity index (χ1n) is 19.3. The third-order valence-corrected chi connectivity index (χ3v) is 11.8. The van der Waals surface area contributed by atoms with Crippen LogP contribution in [0.5, 0.6) is 0 Å². The maximum Gasteiger partial charge on any atom is 0.358 e. The molecule has 0 aromatic heterocycles. The minimum absolute atomic E-state index is 0.0138. The monoisotopic (exact) mass is 752 g/mol. The summed E-state index contributed by atoms with van der Waals surface area (Å²) in [6.45, 7) is 13.6. The number of carbonyl (C=O) groups is 2. The number of carbonyl (C=O) groups excluding carboxylic acids is 2. The van der Waals surface area contributed by atoms with E-state index in [1.165, 1.54) is 77.3 Å². The van der Waals surface area contributed by atoms with Gasteiger partial charge in [-0.25, -0.2) is 4.79 Å². The van der Waals surface area contributed by atoms with Gasteiger partial charge in [0.1, 0.15) is 4.43 Å². The van der Waals surface area contributed by atoms with E-state index in [1.807, 2.05) is 0 Å². The molecule has 0 aliphatic heterocycles. The van der Waals surface area contributed by atoms with Crippen molar-refractivity contribution in [2.45, 2.75) is 179 Å². The molecule has 0 fully saturated rings. The molecule has 0 aliphatic rings. The summed E-state index contributed by atoms with van der Waals surface area (Å²) in [4.78, 5) is 27.2. The zero-order valence-corrected chi connectivity index (χ0v) is 32.4. The summed E-state index contributed by atoms with van der Waals surface area (Å²) in [7, 11) is 0. The maximum absolute atomic E-state index is 12.4. The number of ether oxygens (including phenoxy) is 2. The summed E-state index contributed by atoms with van der Waals surface area (Å²) >= 11 is -0.0544. The predicted octanol–water partition coefficient (Wildman–Crippen LogP) is 6.49. The SMILES string of the molecule is CCCCC(CC)C(=O)OCCCCCCCCCN(CCCCO)CCCCCCCCCOC(=O)C(CCCC)[I+]CC. The van der Waals surface area contributed by atoms with Crippen LogP contribution >= 0.6 is 0 Å². The van der Waals surface area contributed by atoms with Crippen LogP contribution in [0.25, 0.3) is 0 Å². The van der Waals surface area contributed by atoms with Crippen molar-refractivity contribution in [3.8, 4) is 0 Å². The van der Waals surface area contributed by atoms with Crippen molar-refractivity contribution < 1.29 is 45.4 Å². The molecule has 6 nitrogen and oxygen atoms in total. The molecule has 0 radical (unpaired) electrons. The van der Waals surface area contributed by atoms with Gasteiger partial charge >= 0.3 is 11.9 Å². The molecule has 0 aliphatic carbocycles. The van der Waals surface area contributed by atoms with Gasteiger partial charge in [-0.15, -0.1) is 0 Å². The number of hydrogen-bond donors (Lipinski definition) is 1. The predicted molar refractivity (Wildman–Crippen MR) is 186 cm³/mol. The van der Waals surface area contributed by atoms with E-state index in [9.17, 15) is 14.7 Å².